The molecule has 3 atom stereocenters. The van der Waals surface area contributed by atoms with Crippen LogP contribution in [-0.2, 0) is 0 Å². The van der Waals surface area contributed by atoms with Gasteiger partial charge in [0.25, 0.3) is 0 Å². The summed E-state index contributed by atoms with van der Waals surface area (Å²) in [7, 11) is 3.95. The van der Waals surface area contributed by atoms with E-state index >= 15 is 0 Å². The minimum atomic E-state index is -0.271. The number of hydrogen-bond donors (Lipinski definition) is 0. The average molecular weight is 281 g/mol. The SMILES string of the molecule is C[SiH2][Si]1(C)[SiH2]C[SiH2]C([SiH3])[SiH2][SiH]1C. The first-order chi connectivity index (χ1) is 5.58. The molecule has 7 heteroatoms. The van der Waals surface area contributed by atoms with E-state index in [0.717, 1.165) is 0 Å². The van der Waals surface area contributed by atoms with Crippen LogP contribution in [0.3, 0.4) is 0 Å². The molecule has 0 aromatic heterocycles. The fraction of sp³-hybridized carbons (Fsp3) is 1.00. The summed E-state index contributed by atoms with van der Waals surface area (Å²) in [5.41, 5.74) is 1.93. The normalized spacial score (nSPS) is 51.2. The predicted molar refractivity (Wildman–Crippen MR) is 83.2 cm³/mol. The van der Waals surface area contributed by atoms with Crippen LogP contribution >= 0.6 is 0 Å². The molecule has 1 aliphatic rings. The summed E-state index contributed by atoms with van der Waals surface area (Å²) >= 11 is 0. The Labute approximate surface area is 91.2 Å². The lowest BCUT2D eigenvalue weighted by Crippen LogP contribution is -2.59. The van der Waals surface area contributed by atoms with Gasteiger partial charge in [-0.15, -0.1) is 0 Å². The number of rotatable bonds is 1. The van der Waals surface area contributed by atoms with Crippen LogP contribution in [0.25, 0.3) is 0 Å². The molecule has 0 aromatic carbocycles. The van der Waals surface area contributed by atoms with Gasteiger partial charge in [-0.3, -0.25) is 0 Å². The first kappa shape index (κ1) is 11.6. The molecule has 3 unspecified atom stereocenters. The smallest absolute Gasteiger partial charge is 0.0143 e. The summed E-state index contributed by atoms with van der Waals surface area (Å²) < 4.78 is 0. The number of hydrogen-bond acceptors (Lipinski definition) is 0. The zero-order chi connectivity index (χ0) is 9.19. The van der Waals surface area contributed by atoms with Crippen LogP contribution in [0.15, 0.2) is 0 Å². The molecule has 0 aliphatic carbocycles. The van der Waals surface area contributed by atoms with Gasteiger partial charge in [-0.1, -0.05) is 30.1 Å². The van der Waals surface area contributed by atoms with Gasteiger partial charge in [0.05, 0.1) is 0 Å². The highest BCUT2D eigenvalue weighted by atomic mass is 30.0. The molecule has 0 saturated carbocycles. The molecule has 1 saturated heterocycles. The van der Waals surface area contributed by atoms with E-state index in [0.29, 0.717) is 36.6 Å². The molecule has 1 rings (SSSR count). The highest BCUT2D eigenvalue weighted by molar-refractivity contribution is 7.81. The topological polar surface area (TPSA) is 0 Å². The van der Waals surface area contributed by atoms with Gasteiger partial charge in [-0.05, 0) is 10.2 Å². The minimum absolute atomic E-state index is 0.0432. The molecule has 12 heavy (non-hydrogen) atoms. The Bertz CT molecular complexity index is 151. The third kappa shape index (κ3) is 2.75. The Kier molecular flexibility index (Phi) is 4.68. The third-order valence-corrected chi connectivity index (χ3v) is 96.1. The van der Waals surface area contributed by atoms with Gasteiger partial charge in [-0.2, -0.15) is 0 Å². The summed E-state index contributed by atoms with van der Waals surface area (Å²) in [6.45, 7) is 8.11. The molecule has 1 aliphatic heterocycles. The van der Waals surface area contributed by atoms with Crippen LogP contribution in [0.4, 0.5) is 0 Å². The Hall–Kier alpha value is 1.52. The first-order valence-electron chi connectivity index (χ1n) is 5.58. The third-order valence-electron chi connectivity index (χ3n) is 4.20. The quantitative estimate of drug-likeness (QED) is 0.441. The Morgan fingerprint density at radius 3 is 2.92 bits per heavy atom. The second kappa shape index (κ2) is 4.84. The summed E-state index contributed by atoms with van der Waals surface area (Å²) in [6.07, 6.45) is 0. The van der Waals surface area contributed by atoms with Crippen LogP contribution in [0.5, 0.6) is 0 Å². The van der Waals surface area contributed by atoms with Crippen LogP contribution in [-0.4, -0.2) is 61.3 Å². The molecular weight excluding hydrogens is 257 g/mol. The van der Waals surface area contributed by atoms with Crippen LogP contribution in [0.2, 0.25) is 30.1 Å². The van der Waals surface area contributed by atoms with Crippen molar-refractivity contribution in [3.05, 3.63) is 0 Å². The van der Waals surface area contributed by atoms with E-state index in [1.807, 2.05) is 5.67 Å². The highest BCUT2D eigenvalue weighted by Crippen LogP contribution is 2.14. The lowest BCUT2D eigenvalue weighted by atomic mass is 11.8. The second-order valence-corrected chi connectivity index (χ2v) is 60.1. The van der Waals surface area contributed by atoms with Crippen LogP contribution in [0.1, 0.15) is 0 Å². The molecule has 0 spiro atoms. The standard InChI is InChI=1S/C5H24Si7/c1-7-12(3)9-4-8-5(6)10-11(12)2/h5,11H,4,7-10H2,1-3,6H3. The maximum atomic E-state index is 2.88. The molecule has 0 amide bonds. The highest BCUT2D eigenvalue weighted by Gasteiger charge is 2.35. The van der Waals surface area contributed by atoms with E-state index in [-0.39, 0.29) is 14.5 Å². The Morgan fingerprint density at radius 1 is 1.67 bits per heavy atom. The van der Waals surface area contributed by atoms with Gasteiger partial charge in [0.2, 0.25) is 0 Å². The zero-order valence-electron chi connectivity index (χ0n) is 9.19. The van der Waals surface area contributed by atoms with Gasteiger partial charge in [0.1, 0.15) is 0 Å². The van der Waals surface area contributed by atoms with Crippen molar-refractivity contribution in [1.82, 2.24) is 0 Å². The van der Waals surface area contributed by atoms with E-state index in [4.69, 9.17) is 0 Å². The van der Waals surface area contributed by atoms with Crippen LogP contribution in [0, 0.1) is 0 Å². The van der Waals surface area contributed by atoms with Gasteiger partial charge in [0.15, 0.2) is 0 Å². The lowest BCUT2D eigenvalue weighted by Gasteiger charge is -2.29. The van der Waals surface area contributed by atoms with Gasteiger partial charge < -0.3 is 0 Å². The first-order valence-corrected chi connectivity index (χ1v) is 25.2. The summed E-state index contributed by atoms with van der Waals surface area (Å²) in [5.74, 6) is 0. The van der Waals surface area contributed by atoms with Crippen molar-refractivity contribution in [2.24, 2.45) is 0 Å². The lowest BCUT2D eigenvalue weighted by molar-refractivity contribution is 1.77. The van der Waals surface area contributed by atoms with Crippen molar-refractivity contribution in [3.8, 4) is 0 Å². The molecule has 0 aromatic rings. The summed E-state index contributed by atoms with van der Waals surface area (Å²) in [6, 6.07) is 0. The van der Waals surface area contributed by atoms with E-state index in [9.17, 15) is 0 Å². The van der Waals surface area contributed by atoms with E-state index < -0.39 is 0 Å². The maximum Gasteiger partial charge on any atom is 0.0143 e. The fourth-order valence-electron chi connectivity index (χ4n) is 2.63. The van der Waals surface area contributed by atoms with Gasteiger partial charge in [0, 0.05) is 51.1 Å². The Balaban J connectivity index is 2.63. The average Bonchev–Trinajstić information content (AvgIpc) is 2.14. The van der Waals surface area contributed by atoms with E-state index in [1.165, 1.54) is 4.79 Å². The van der Waals surface area contributed by atoms with E-state index in [1.54, 1.807) is 10.2 Å². The van der Waals surface area contributed by atoms with Crippen molar-refractivity contribution in [1.29, 1.82) is 0 Å². The molecule has 0 radical (unpaired) electrons. The summed E-state index contributed by atoms with van der Waals surface area (Å²) in [4.78, 5) is 1.54. The minimum Gasteiger partial charge on any atom is -0.0770 e. The molecule has 1 heterocycles. The largest absolute Gasteiger partial charge is 0.0770 e. The summed E-state index contributed by atoms with van der Waals surface area (Å²) in [5, 5.41) is 0. The molecule has 0 bridgehead atoms. The molecule has 0 N–H and O–H groups in total. The van der Waals surface area contributed by atoms with Crippen molar-refractivity contribution in [2.45, 2.75) is 30.1 Å². The monoisotopic (exact) mass is 280 g/mol. The van der Waals surface area contributed by atoms with Gasteiger partial charge >= 0.3 is 0 Å². The van der Waals surface area contributed by atoms with Crippen LogP contribution < -0.4 is 0 Å². The van der Waals surface area contributed by atoms with Gasteiger partial charge in [-0.25, -0.2) is 0 Å². The molecule has 1 fully saturated rings. The second-order valence-electron chi connectivity index (χ2n) is 5.14. The molecular formula is C5H24Si7. The van der Waals surface area contributed by atoms with E-state index in [2.05, 4.69) is 19.6 Å². The molecule has 72 valence electrons. The van der Waals surface area contributed by atoms with Crippen molar-refractivity contribution >= 4 is 61.3 Å². The maximum absolute atomic E-state index is 2.88. The fourth-order valence-corrected chi connectivity index (χ4v) is 116. The van der Waals surface area contributed by atoms with Crippen molar-refractivity contribution in [2.75, 3.05) is 0 Å². The predicted octanol–water partition coefficient (Wildman–Crippen LogP) is -3.33. The zero-order valence-corrected chi connectivity index (χ0v) is 19.0. The van der Waals surface area contributed by atoms with Crippen molar-refractivity contribution in [3.63, 3.8) is 0 Å². The molecule has 0 nitrogen and oxygen atoms in total. The van der Waals surface area contributed by atoms with Crippen molar-refractivity contribution < 1.29 is 0 Å². The Morgan fingerprint density at radius 2 is 2.33 bits per heavy atom.